The number of nitrogens with two attached hydrogens (primary N) is 1. The number of pyridine rings is 1. The van der Waals surface area contributed by atoms with Gasteiger partial charge in [-0.05, 0) is 37.3 Å². The summed E-state index contributed by atoms with van der Waals surface area (Å²) in [5, 5.41) is 18.5. The number of carbonyl (C=O) groups is 1. The molecule has 1 aromatic heterocycles. The van der Waals surface area contributed by atoms with Crippen molar-refractivity contribution in [2.45, 2.75) is 64.2 Å². The van der Waals surface area contributed by atoms with Gasteiger partial charge in [0.25, 0.3) is 0 Å². The van der Waals surface area contributed by atoms with Gasteiger partial charge < -0.3 is 21.3 Å². The van der Waals surface area contributed by atoms with E-state index in [2.05, 4.69) is 28.5 Å². The Bertz CT molecular complexity index is 506. The molecule has 0 atom stereocenters. The standard InChI is InChI=1S/C13H22N4O2S.C5H10.C2H6O/c1-10(2)9-17(5-3-4-16-13(18)19)20-12-6-11(14)7-15-8-12;1-2-4-5-3-1;1-2-3/h6-8,10,16H,3-5,9,14H2,1-2H3,(H,18,19);1-5H2;3H,2H2,1H3. The number of rotatable bonds is 8. The van der Waals surface area contributed by atoms with Crippen LogP contribution in [-0.4, -0.2) is 51.8 Å². The van der Waals surface area contributed by atoms with Gasteiger partial charge in [0.2, 0.25) is 0 Å². The number of aromatic nitrogens is 1. The number of nitrogens with one attached hydrogen (secondary N) is 1. The minimum atomic E-state index is -0.979. The average Bonchev–Trinajstić information content (AvgIpc) is 3.18. The van der Waals surface area contributed by atoms with Gasteiger partial charge in [-0.3, -0.25) is 4.98 Å². The van der Waals surface area contributed by atoms with Crippen molar-refractivity contribution in [3.8, 4) is 0 Å². The second-order valence-corrected chi connectivity index (χ2v) is 8.17. The molecule has 1 aliphatic carbocycles. The molecule has 7 nitrogen and oxygen atoms in total. The van der Waals surface area contributed by atoms with Crippen molar-refractivity contribution in [1.82, 2.24) is 14.6 Å². The largest absolute Gasteiger partial charge is 0.465 e. The SMILES string of the molecule is C1CCCC1.CC(C)CN(CCCNC(=O)O)Sc1cncc(N)c1.CCO. The topological polar surface area (TPSA) is 112 Å². The fourth-order valence-electron chi connectivity index (χ4n) is 2.55. The van der Waals surface area contributed by atoms with Gasteiger partial charge in [0.1, 0.15) is 0 Å². The number of hydrogen-bond acceptors (Lipinski definition) is 6. The highest BCUT2D eigenvalue weighted by Gasteiger charge is 2.10. The van der Waals surface area contributed by atoms with Gasteiger partial charge in [-0.1, -0.05) is 46.0 Å². The molecule has 0 radical (unpaired) electrons. The highest BCUT2D eigenvalue weighted by molar-refractivity contribution is 7.97. The Balaban J connectivity index is 0.000000755. The molecule has 1 heterocycles. The van der Waals surface area contributed by atoms with E-state index >= 15 is 0 Å². The molecule has 0 spiro atoms. The van der Waals surface area contributed by atoms with Crippen LogP contribution in [0, 0.1) is 5.92 Å². The van der Waals surface area contributed by atoms with Crippen molar-refractivity contribution in [2.24, 2.45) is 5.92 Å². The number of nitrogens with zero attached hydrogens (tertiary/aromatic N) is 2. The van der Waals surface area contributed by atoms with Crippen LogP contribution in [0.25, 0.3) is 0 Å². The van der Waals surface area contributed by atoms with E-state index in [1.54, 1.807) is 31.3 Å². The maximum absolute atomic E-state index is 10.4. The van der Waals surface area contributed by atoms with Crippen molar-refractivity contribution < 1.29 is 15.0 Å². The van der Waals surface area contributed by atoms with Gasteiger partial charge in [-0.15, -0.1) is 0 Å². The zero-order chi connectivity index (χ0) is 21.2. The summed E-state index contributed by atoms with van der Waals surface area (Å²) < 4.78 is 2.21. The quantitative estimate of drug-likeness (QED) is 0.372. The Hall–Kier alpha value is -1.51. The van der Waals surface area contributed by atoms with Gasteiger partial charge in [0.05, 0.1) is 5.69 Å². The molecule has 162 valence electrons. The van der Waals surface area contributed by atoms with E-state index in [4.69, 9.17) is 15.9 Å². The molecule has 1 fully saturated rings. The summed E-state index contributed by atoms with van der Waals surface area (Å²) in [4.78, 5) is 15.5. The number of carboxylic acid groups (broad SMARTS) is 1. The summed E-state index contributed by atoms with van der Waals surface area (Å²) in [7, 11) is 0. The lowest BCUT2D eigenvalue weighted by Gasteiger charge is -2.22. The number of nitrogen functional groups attached to an aromatic ring is 1. The fraction of sp³-hybridized carbons (Fsp3) is 0.700. The lowest BCUT2D eigenvalue weighted by Crippen LogP contribution is -2.27. The molecule has 8 heteroatoms. The second kappa shape index (κ2) is 17.6. The van der Waals surface area contributed by atoms with Gasteiger partial charge in [0, 0.05) is 43.5 Å². The van der Waals surface area contributed by atoms with E-state index in [0.717, 1.165) is 24.4 Å². The fourth-order valence-corrected chi connectivity index (χ4v) is 3.74. The van der Waals surface area contributed by atoms with Crippen LogP contribution in [0.2, 0.25) is 0 Å². The first kappa shape index (κ1) is 26.5. The molecule has 1 aliphatic rings. The van der Waals surface area contributed by atoms with Crippen LogP contribution in [0.1, 0.15) is 59.3 Å². The van der Waals surface area contributed by atoms with E-state index in [1.807, 2.05) is 6.07 Å². The summed E-state index contributed by atoms with van der Waals surface area (Å²) >= 11 is 1.61. The molecule has 2 rings (SSSR count). The van der Waals surface area contributed by atoms with Crippen molar-refractivity contribution in [2.75, 3.05) is 32.0 Å². The van der Waals surface area contributed by atoms with E-state index in [0.29, 0.717) is 18.2 Å². The third-order valence-electron chi connectivity index (χ3n) is 3.65. The average molecular weight is 415 g/mol. The van der Waals surface area contributed by atoms with Crippen LogP contribution in [0.15, 0.2) is 23.4 Å². The predicted molar refractivity (Wildman–Crippen MR) is 117 cm³/mol. The Morgan fingerprint density at radius 2 is 1.86 bits per heavy atom. The third-order valence-corrected chi connectivity index (χ3v) is 4.67. The molecule has 1 saturated carbocycles. The Morgan fingerprint density at radius 1 is 1.29 bits per heavy atom. The van der Waals surface area contributed by atoms with Gasteiger partial charge >= 0.3 is 6.09 Å². The van der Waals surface area contributed by atoms with Crippen LogP contribution in [0.5, 0.6) is 0 Å². The van der Waals surface area contributed by atoms with E-state index in [-0.39, 0.29) is 6.61 Å². The molecular formula is C20H38N4O3S. The third kappa shape index (κ3) is 16.6. The Labute approximate surface area is 174 Å². The minimum Gasteiger partial charge on any atom is -0.465 e. The monoisotopic (exact) mass is 414 g/mol. The van der Waals surface area contributed by atoms with Crippen LogP contribution in [0.3, 0.4) is 0 Å². The van der Waals surface area contributed by atoms with Crippen LogP contribution in [0.4, 0.5) is 10.5 Å². The van der Waals surface area contributed by atoms with Crippen molar-refractivity contribution in [3.63, 3.8) is 0 Å². The van der Waals surface area contributed by atoms with E-state index in [9.17, 15) is 4.79 Å². The molecule has 1 amide bonds. The first-order valence-electron chi connectivity index (χ1n) is 10.1. The first-order chi connectivity index (χ1) is 13.4. The zero-order valence-corrected chi connectivity index (χ0v) is 18.4. The van der Waals surface area contributed by atoms with Gasteiger partial charge in [0.15, 0.2) is 0 Å². The summed E-state index contributed by atoms with van der Waals surface area (Å²) in [6.45, 7) is 8.42. The lowest BCUT2D eigenvalue weighted by molar-refractivity contribution is 0.194. The number of amides is 1. The lowest BCUT2D eigenvalue weighted by atomic mass is 10.2. The first-order valence-corrected chi connectivity index (χ1v) is 10.9. The summed E-state index contributed by atoms with van der Waals surface area (Å²) in [6, 6.07) is 1.89. The Morgan fingerprint density at radius 3 is 2.32 bits per heavy atom. The molecule has 0 aliphatic heterocycles. The molecular weight excluding hydrogens is 376 g/mol. The number of aliphatic hydroxyl groups is 1. The van der Waals surface area contributed by atoms with Crippen LogP contribution < -0.4 is 11.1 Å². The van der Waals surface area contributed by atoms with Crippen molar-refractivity contribution in [1.29, 1.82) is 0 Å². The van der Waals surface area contributed by atoms with E-state index < -0.39 is 6.09 Å². The molecule has 0 unspecified atom stereocenters. The minimum absolute atomic E-state index is 0.250. The highest BCUT2D eigenvalue weighted by Crippen LogP contribution is 2.24. The van der Waals surface area contributed by atoms with Crippen LogP contribution in [-0.2, 0) is 0 Å². The van der Waals surface area contributed by atoms with Gasteiger partial charge in [-0.25, -0.2) is 9.10 Å². The molecule has 0 saturated heterocycles. The zero-order valence-electron chi connectivity index (χ0n) is 17.6. The second-order valence-electron chi connectivity index (χ2n) is 7.00. The van der Waals surface area contributed by atoms with E-state index in [1.165, 1.54) is 32.1 Å². The number of aliphatic hydroxyl groups excluding tert-OH is 1. The highest BCUT2D eigenvalue weighted by atomic mass is 32.2. The maximum atomic E-state index is 10.4. The molecule has 0 bridgehead atoms. The maximum Gasteiger partial charge on any atom is 0.404 e. The summed E-state index contributed by atoms with van der Waals surface area (Å²) in [6.07, 6.45) is 10.7. The summed E-state index contributed by atoms with van der Waals surface area (Å²) in [5.74, 6) is 0.531. The van der Waals surface area contributed by atoms with Gasteiger partial charge in [-0.2, -0.15) is 0 Å². The van der Waals surface area contributed by atoms with Crippen molar-refractivity contribution in [3.05, 3.63) is 18.5 Å². The number of hydrogen-bond donors (Lipinski definition) is 4. The molecule has 5 N–H and O–H groups in total. The van der Waals surface area contributed by atoms with Crippen LogP contribution >= 0.6 is 11.9 Å². The van der Waals surface area contributed by atoms with Crippen molar-refractivity contribution >= 4 is 23.7 Å². The normalized spacial score (nSPS) is 12.8. The Kier molecular flexibility index (Phi) is 16.6. The molecule has 28 heavy (non-hydrogen) atoms. The summed E-state index contributed by atoms with van der Waals surface area (Å²) in [5.41, 5.74) is 6.37. The predicted octanol–water partition coefficient (Wildman–Crippen LogP) is 4.24. The molecule has 0 aromatic carbocycles. The molecule has 1 aromatic rings. The number of anilines is 1. The smallest absolute Gasteiger partial charge is 0.404 e.